The highest BCUT2D eigenvalue weighted by Crippen LogP contribution is 2.37. The van der Waals surface area contributed by atoms with Crippen molar-refractivity contribution in [2.75, 3.05) is 7.05 Å². The van der Waals surface area contributed by atoms with Crippen LogP contribution >= 0.6 is 0 Å². The Balaban J connectivity index is 2.18. The lowest BCUT2D eigenvalue weighted by Gasteiger charge is -2.37. The standard InChI is InChI=1S/C9H15N3O/c1-9(6-4-3-5-6)7(13)11-8(10-2)12-9/h6H,3-5H2,1-2H3,(H2,10,11,12,13). The van der Waals surface area contributed by atoms with Crippen molar-refractivity contribution in [3.63, 3.8) is 0 Å². The molecule has 13 heavy (non-hydrogen) atoms. The maximum absolute atomic E-state index is 11.6. The van der Waals surface area contributed by atoms with Gasteiger partial charge >= 0.3 is 0 Å². The second kappa shape index (κ2) is 2.72. The lowest BCUT2D eigenvalue weighted by atomic mass is 9.72. The summed E-state index contributed by atoms with van der Waals surface area (Å²) >= 11 is 0. The zero-order valence-corrected chi connectivity index (χ0v) is 8.05. The maximum atomic E-state index is 11.6. The zero-order chi connectivity index (χ0) is 9.47. The van der Waals surface area contributed by atoms with Crippen LogP contribution in [0.2, 0.25) is 0 Å². The number of amides is 1. The molecule has 0 bridgehead atoms. The van der Waals surface area contributed by atoms with Gasteiger partial charge in [-0.1, -0.05) is 6.42 Å². The first-order valence-electron chi connectivity index (χ1n) is 4.73. The lowest BCUT2D eigenvalue weighted by molar-refractivity contribution is -0.126. The molecule has 0 spiro atoms. The Morgan fingerprint density at radius 1 is 1.54 bits per heavy atom. The Morgan fingerprint density at radius 3 is 2.62 bits per heavy atom. The molecule has 0 aromatic carbocycles. The van der Waals surface area contributed by atoms with Crippen LogP contribution in [-0.2, 0) is 4.79 Å². The molecular formula is C9H15N3O. The van der Waals surface area contributed by atoms with Gasteiger partial charge in [-0.15, -0.1) is 0 Å². The van der Waals surface area contributed by atoms with Gasteiger partial charge in [0.1, 0.15) is 5.54 Å². The van der Waals surface area contributed by atoms with Gasteiger partial charge in [0, 0.05) is 7.05 Å². The lowest BCUT2D eigenvalue weighted by Crippen LogP contribution is -2.52. The van der Waals surface area contributed by atoms with Gasteiger partial charge in [0.25, 0.3) is 5.91 Å². The predicted molar refractivity (Wildman–Crippen MR) is 50.4 cm³/mol. The van der Waals surface area contributed by atoms with Crippen LogP contribution in [0.3, 0.4) is 0 Å². The summed E-state index contributed by atoms with van der Waals surface area (Å²) in [6.45, 7) is 1.96. The molecule has 1 saturated carbocycles. The van der Waals surface area contributed by atoms with Crippen LogP contribution < -0.4 is 10.6 Å². The molecule has 1 heterocycles. The molecule has 1 unspecified atom stereocenters. The number of nitrogens with zero attached hydrogens (tertiary/aromatic N) is 1. The Kier molecular flexibility index (Phi) is 1.78. The molecule has 1 saturated heterocycles. The topological polar surface area (TPSA) is 53.5 Å². The minimum absolute atomic E-state index is 0.0674. The van der Waals surface area contributed by atoms with E-state index in [9.17, 15) is 4.79 Å². The first-order valence-corrected chi connectivity index (χ1v) is 4.73. The minimum Gasteiger partial charge on any atom is -0.342 e. The van der Waals surface area contributed by atoms with Crippen LogP contribution in [-0.4, -0.2) is 24.5 Å². The van der Waals surface area contributed by atoms with Crippen molar-refractivity contribution in [3.8, 4) is 0 Å². The SMILES string of the molecule is CN=C1NC(=O)C(C)(C2CCC2)N1. The van der Waals surface area contributed by atoms with Gasteiger partial charge in [0.05, 0.1) is 0 Å². The molecule has 1 amide bonds. The Labute approximate surface area is 77.8 Å². The number of hydrogen-bond acceptors (Lipinski definition) is 2. The third-order valence-electron chi connectivity index (χ3n) is 3.23. The monoisotopic (exact) mass is 181 g/mol. The van der Waals surface area contributed by atoms with Crippen molar-refractivity contribution in [2.24, 2.45) is 10.9 Å². The van der Waals surface area contributed by atoms with Gasteiger partial charge in [0.15, 0.2) is 5.96 Å². The molecule has 4 heteroatoms. The molecule has 0 aromatic rings. The van der Waals surface area contributed by atoms with E-state index in [1.54, 1.807) is 7.05 Å². The molecule has 0 aromatic heterocycles. The van der Waals surface area contributed by atoms with Crippen LogP contribution in [0.4, 0.5) is 0 Å². The number of carbonyl (C=O) groups excluding carboxylic acids is 1. The Hall–Kier alpha value is -1.06. The van der Waals surface area contributed by atoms with Crippen LogP contribution in [0, 0.1) is 5.92 Å². The molecule has 2 rings (SSSR count). The van der Waals surface area contributed by atoms with Crippen molar-refractivity contribution < 1.29 is 4.79 Å². The highest BCUT2D eigenvalue weighted by Gasteiger charge is 2.48. The van der Waals surface area contributed by atoms with Gasteiger partial charge in [0.2, 0.25) is 0 Å². The summed E-state index contributed by atoms with van der Waals surface area (Å²) in [4.78, 5) is 15.6. The van der Waals surface area contributed by atoms with E-state index in [0.29, 0.717) is 11.9 Å². The summed E-state index contributed by atoms with van der Waals surface area (Å²) in [6, 6.07) is 0. The van der Waals surface area contributed by atoms with Gasteiger partial charge < -0.3 is 5.32 Å². The van der Waals surface area contributed by atoms with Gasteiger partial charge in [-0.3, -0.25) is 15.1 Å². The summed E-state index contributed by atoms with van der Waals surface area (Å²) in [6.07, 6.45) is 3.54. The van der Waals surface area contributed by atoms with Crippen molar-refractivity contribution >= 4 is 11.9 Å². The largest absolute Gasteiger partial charge is 0.342 e. The van der Waals surface area contributed by atoms with E-state index in [-0.39, 0.29) is 5.91 Å². The number of aliphatic imine (C=N–C) groups is 1. The molecule has 2 N–H and O–H groups in total. The highest BCUT2D eigenvalue weighted by molar-refractivity contribution is 6.08. The van der Waals surface area contributed by atoms with Gasteiger partial charge in [-0.05, 0) is 25.7 Å². The van der Waals surface area contributed by atoms with E-state index < -0.39 is 5.54 Å². The van der Waals surface area contributed by atoms with Crippen molar-refractivity contribution in [1.29, 1.82) is 0 Å². The Morgan fingerprint density at radius 2 is 2.23 bits per heavy atom. The third-order valence-corrected chi connectivity index (χ3v) is 3.23. The molecule has 2 fully saturated rings. The van der Waals surface area contributed by atoms with Crippen LogP contribution in [0.15, 0.2) is 4.99 Å². The normalized spacial score (nSPS) is 37.1. The number of carbonyl (C=O) groups is 1. The van der Waals surface area contributed by atoms with Crippen molar-refractivity contribution in [1.82, 2.24) is 10.6 Å². The fourth-order valence-electron chi connectivity index (χ4n) is 1.96. The molecule has 2 aliphatic rings. The fraction of sp³-hybridized carbons (Fsp3) is 0.778. The fourth-order valence-corrected chi connectivity index (χ4v) is 1.96. The van der Waals surface area contributed by atoms with Crippen LogP contribution in [0.25, 0.3) is 0 Å². The van der Waals surface area contributed by atoms with Crippen LogP contribution in [0.1, 0.15) is 26.2 Å². The van der Waals surface area contributed by atoms with Gasteiger partial charge in [-0.2, -0.15) is 0 Å². The summed E-state index contributed by atoms with van der Waals surface area (Å²) in [5.41, 5.74) is -0.410. The molecule has 0 radical (unpaired) electrons. The molecule has 1 atom stereocenters. The number of guanidine groups is 1. The van der Waals surface area contributed by atoms with Gasteiger partial charge in [-0.25, -0.2) is 0 Å². The average Bonchev–Trinajstić information content (AvgIpc) is 2.25. The van der Waals surface area contributed by atoms with E-state index in [1.807, 2.05) is 6.92 Å². The predicted octanol–water partition coefficient (Wildman–Crippen LogP) is 0.250. The molecular weight excluding hydrogens is 166 g/mol. The number of hydrogen-bond donors (Lipinski definition) is 2. The summed E-state index contributed by atoms with van der Waals surface area (Å²) < 4.78 is 0. The van der Waals surface area contributed by atoms with E-state index in [1.165, 1.54) is 6.42 Å². The first kappa shape index (κ1) is 8.53. The summed E-state index contributed by atoms with van der Waals surface area (Å²) in [5, 5.41) is 5.90. The maximum Gasteiger partial charge on any atom is 0.252 e. The first-order chi connectivity index (χ1) is 6.16. The van der Waals surface area contributed by atoms with E-state index >= 15 is 0 Å². The van der Waals surface area contributed by atoms with Crippen molar-refractivity contribution in [3.05, 3.63) is 0 Å². The van der Waals surface area contributed by atoms with Crippen molar-refractivity contribution in [2.45, 2.75) is 31.7 Å². The smallest absolute Gasteiger partial charge is 0.252 e. The molecule has 72 valence electrons. The Bertz CT molecular complexity index is 270. The average molecular weight is 181 g/mol. The van der Waals surface area contributed by atoms with E-state index in [0.717, 1.165) is 12.8 Å². The zero-order valence-electron chi connectivity index (χ0n) is 8.05. The second-order valence-corrected chi connectivity index (χ2v) is 3.98. The second-order valence-electron chi connectivity index (χ2n) is 3.98. The quantitative estimate of drug-likeness (QED) is 0.609. The van der Waals surface area contributed by atoms with E-state index in [4.69, 9.17) is 0 Å². The molecule has 1 aliphatic heterocycles. The molecule has 4 nitrogen and oxygen atoms in total. The van der Waals surface area contributed by atoms with Crippen LogP contribution in [0.5, 0.6) is 0 Å². The number of nitrogens with one attached hydrogen (secondary N) is 2. The summed E-state index contributed by atoms with van der Waals surface area (Å²) in [5.74, 6) is 1.16. The van der Waals surface area contributed by atoms with E-state index in [2.05, 4.69) is 15.6 Å². The highest BCUT2D eigenvalue weighted by atomic mass is 16.2. The third kappa shape index (κ3) is 1.12. The minimum atomic E-state index is -0.410. The molecule has 1 aliphatic carbocycles. The summed E-state index contributed by atoms with van der Waals surface area (Å²) in [7, 11) is 1.68. The number of rotatable bonds is 1.